The van der Waals surface area contributed by atoms with Crippen LogP contribution in [0.15, 0.2) is 54.6 Å². The van der Waals surface area contributed by atoms with E-state index in [0.717, 1.165) is 50.9 Å². The second-order valence-electron chi connectivity index (χ2n) is 9.99. The average Bonchev–Trinajstić information content (AvgIpc) is 3.28. The highest BCUT2D eigenvalue weighted by Crippen LogP contribution is 2.51. The quantitative estimate of drug-likeness (QED) is 0.688. The number of hydrogen-bond acceptors (Lipinski definition) is 3. The number of fused-ring (bicyclic) bond motifs is 1. The first-order valence-electron chi connectivity index (χ1n) is 12.1. The van der Waals surface area contributed by atoms with Crippen molar-refractivity contribution in [2.75, 3.05) is 19.6 Å². The number of carbonyl (C=O) groups is 1. The molecule has 0 spiro atoms. The maximum Gasteiger partial charge on any atom is 0.256 e. The van der Waals surface area contributed by atoms with Gasteiger partial charge < -0.3 is 10.4 Å². The Morgan fingerprint density at radius 1 is 1.03 bits per heavy atom. The molecule has 3 aliphatic rings. The van der Waals surface area contributed by atoms with Crippen LogP contribution in [0.2, 0.25) is 0 Å². The Morgan fingerprint density at radius 2 is 1.75 bits per heavy atom. The minimum atomic E-state index is -1.45. The van der Waals surface area contributed by atoms with Crippen molar-refractivity contribution in [3.05, 3.63) is 71.5 Å². The number of amides is 1. The molecule has 3 atom stereocenters. The molecule has 5 rings (SSSR count). The highest BCUT2D eigenvalue weighted by atomic mass is 19.1. The van der Waals surface area contributed by atoms with Gasteiger partial charge in [0.05, 0.1) is 0 Å². The zero-order valence-corrected chi connectivity index (χ0v) is 18.6. The molecule has 2 aromatic rings. The van der Waals surface area contributed by atoms with E-state index in [1.807, 2.05) is 36.4 Å². The van der Waals surface area contributed by atoms with Gasteiger partial charge in [-0.15, -0.1) is 0 Å². The highest BCUT2D eigenvalue weighted by molar-refractivity contribution is 5.86. The standard InChI is InChI=1S/C27H33FN2O2/c28-22-13-7-8-19(14-22)16-30-17-24-23(25(24)18-30)15-29-26(31)27(32,20-9-3-1-4-10-20)21-11-5-2-6-12-21/h1,3-4,7-10,13-14,21,23-25,32H,2,5-6,11-12,15-18H2,(H,29,31)/t23?,24?,25?,27-/m1/s1. The van der Waals surface area contributed by atoms with Crippen molar-refractivity contribution in [2.45, 2.75) is 44.2 Å². The molecule has 2 unspecified atom stereocenters. The van der Waals surface area contributed by atoms with E-state index in [4.69, 9.17) is 0 Å². The first-order chi connectivity index (χ1) is 15.6. The molecule has 170 valence electrons. The van der Waals surface area contributed by atoms with Gasteiger partial charge in [0.25, 0.3) is 5.91 Å². The Hall–Kier alpha value is -2.24. The molecular formula is C27H33FN2O2. The summed E-state index contributed by atoms with van der Waals surface area (Å²) in [6.45, 7) is 3.39. The molecule has 3 fully saturated rings. The summed E-state index contributed by atoms with van der Waals surface area (Å²) in [4.78, 5) is 15.7. The number of hydrogen-bond donors (Lipinski definition) is 2. The summed E-state index contributed by atoms with van der Waals surface area (Å²) >= 11 is 0. The van der Waals surface area contributed by atoms with Crippen LogP contribution < -0.4 is 5.32 Å². The molecule has 32 heavy (non-hydrogen) atoms. The predicted octanol–water partition coefficient (Wildman–Crippen LogP) is 4.09. The van der Waals surface area contributed by atoms with E-state index in [1.54, 1.807) is 12.1 Å². The molecule has 0 bridgehead atoms. The van der Waals surface area contributed by atoms with Gasteiger partial charge in [-0.25, -0.2) is 4.39 Å². The minimum absolute atomic E-state index is 0.0286. The lowest BCUT2D eigenvalue weighted by atomic mass is 9.73. The number of aliphatic hydroxyl groups is 1. The third-order valence-corrected chi connectivity index (χ3v) is 8.00. The van der Waals surface area contributed by atoms with Crippen LogP contribution >= 0.6 is 0 Å². The minimum Gasteiger partial charge on any atom is -0.375 e. The van der Waals surface area contributed by atoms with Gasteiger partial charge in [0.2, 0.25) is 0 Å². The Morgan fingerprint density at radius 3 is 2.44 bits per heavy atom. The van der Waals surface area contributed by atoms with E-state index in [0.29, 0.717) is 29.9 Å². The van der Waals surface area contributed by atoms with Crippen molar-refractivity contribution in [1.29, 1.82) is 0 Å². The summed E-state index contributed by atoms with van der Waals surface area (Å²) in [5.74, 6) is 1.20. The lowest BCUT2D eigenvalue weighted by Gasteiger charge is -2.37. The third-order valence-electron chi connectivity index (χ3n) is 8.00. The topological polar surface area (TPSA) is 52.6 Å². The van der Waals surface area contributed by atoms with E-state index in [2.05, 4.69) is 10.2 Å². The van der Waals surface area contributed by atoms with Gasteiger partial charge in [0, 0.05) is 32.1 Å². The molecule has 1 amide bonds. The van der Waals surface area contributed by atoms with Gasteiger partial charge in [-0.3, -0.25) is 9.69 Å². The number of piperidine rings is 1. The molecule has 5 heteroatoms. The van der Waals surface area contributed by atoms with Crippen molar-refractivity contribution in [2.24, 2.45) is 23.7 Å². The Kier molecular flexibility index (Phi) is 6.04. The largest absolute Gasteiger partial charge is 0.375 e. The van der Waals surface area contributed by atoms with Crippen LogP contribution in [0.3, 0.4) is 0 Å². The van der Waals surface area contributed by atoms with Crippen LogP contribution in [-0.2, 0) is 16.9 Å². The molecule has 0 radical (unpaired) electrons. The Labute approximate surface area is 189 Å². The Bertz CT molecular complexity index is 934. The van der Waals surface area contributed by atoms with Gasteiger partial charge in [-0.1, -0.05) is 61.7 Å². The van der Waals surface area contributed by atoms with Crippen LogP contribution in [-0.4, -0.2) is 35.5 Å². The highest BCUT2D eigenvalue weighted by Gasteiger charge is 2.55. The van der Waals surface area contributed by atoms with Gasteiger partial charge in [-0.05, 0) is 53.9 Å². The van der Waals surface area contributed by atoms with Crippen molar-refractivity contribution in [3.8, 4) is 0 Å². The number of benzene rings is 2. The summed E-state index contributed by atoms with van der Waals surface area (Å²) in [7, 11) is 0. The smallest absolute Gasteiger partial charge is 0.256 e. The summed E-state index contributed by atoms with van der Waals surface area (Å²) in [6, 6.07) is 16.3. The van der Waals surface area contributed by atoms with Crippen LogP contribution in [0.5, 0.6) is 0 Å². The molecule has 2 aromatic carbocycles. The van der Waals surface area contributed by atoms with Crippen LogP contribution in [0.4, 0.5) is 4.39 Å². The lowest BCUT2D eigenvalue weighted by Crippen LogP contribution is -2.50. The second kappa shape index (κ2) is 8.95. The predicted molar refractivity (Wildman–Crippen MR) is 122 cm³/mol. The van der Waals surface area contributed by atoms with Crippen LogP contribution in [0, 0.1) is 29.5 Å². The molecule has 1 saturated heterocycles. The first kappa shape index (κ1) is 21.6. The summed E-state index contributed by atoms with van der Waals surface area (Å²) < 4.78 is 13.4. The van der Waals surface area contributed by atoms with E-state index in [1.165, 1.54) is 12.5 Å². The summed E-state index contributed by atoms with van der Waals surface area (Å²) in [6.07, 6.45) is 5.10. The normalized spacial score (nSPS) is 27.5. The van der Waals surface area contributed by atoms with Gasteiger partial charge in [0.1, 0.15) is 5.82 Å². The van der Waals surface area contributed by atoms with Gasteiger partial charge in [-0.2, -0.15) is 0 Å². The number of nitrogens with one attached hydrogen (secondary N) is 1. The van der Waals surface area contributed by atoms with Crippen molar-refractivity contribution >= 4 is 5.91 Å². The maximum atomic E-state index is 13.4. The molecule has 0 aromatic heterocycles. The fourth-order valence-corrected chi connectivity index (χ4v) is 6.17. The molecular weight excluding hydrogens is 403 g/mol. The zero-order valence-electron chi connectivity index (χ0n) is 18.6. The third kappa shape index (κ3) is 4.20. The maximum absolute atomic E-state index is 13.4. The number of rotatable bonds is 7. The fraction of sp³-hybridized carbons (Fsp3) is 0.519. The zero-order chi connectivity index (χ0) is 22.1. The second-order valence-corrected chi connectivity index (χ2v) is 9.99. The Balaban J connectivity index is 1.18. The van der Waals surface area contributed by atoms with E-state index >= 15 is 0 Å². The summed E-state index contributed by atoms with van der Waals surface area (Å²) in [5.41, 5.74) is 0.271. The summed E-state index contributed by atoms with van der Waals surface area (Å²) in [5, 5.41) is 14.8. The average molecular weight is 437 g/mol. The van der Waals surface area contributed by atoms with Crippen molar-refractivity contribution < 1.29 is 14.3 Å². The van der Waals surface area contributed by atoms with Gasteiger partial charge >= 0.3 is 0 Å². The molecule has 1 aliphatic heterocycles. The number of halogens is 1. The van der Waals surface area contributed by atoms with E-state index in [9.17, 15) is 14.3 Å². The van der Waals surface area contributed by atoms with Crippen molar-refractivity contribution in [1.82, 2.24) is 10.2 Å². The molecule has 4 nitrogen and oxygen atoms in total. The first-order valence-corrected chi connectivity index (χ1v) is 12.1. The van der Waals surface area contributed by atoms with Crippen LogP contribution in [0.1, 0.15) is 43.2 Å². The number of likely N-dealkylation sites (tertiary alicyclic amines) is 1. The molecule has 1 heterocycles. The van der Waals surface area contributed by atoms with Crippen molar-refractivity contribution in [3.63, 3.8) is 0 Å². The monoisotopic (exact) mass is 436 g/mol. The number of nitrogens with zero attached hydrogens (tertiary/aromatic N) is 1. The van der Waals surface area contributed by atoms with Gasteiger partial charge in [0.15, 0.2) is 5.60 Å². The number of carbonyl (C=O) groups excluding carboxylic acids is 1. The molecule has 2 N–H and O–H groups in total. The molecule has 2 saturated carbocycles. The van der Waals surface area contributed by atoms with E-state index in [-0.39, 0.29) is 17.6 Å². The lowest BCUT2D eigenvalue weighted by molar-refractivity contribution is -0.149. The fourth-order valence-electron chi connectivity index (χ4n) is 6.17. The van der Waals surface area contributed by atoms with Crippen LogP contribution in [0.25, 0.3) is 0 Å². The van der Waals surface area contributed by atoms with E-state index < -0.39 is 5.60 Å². The molecule has 2 aliphatic carbocycles. The SMILES string of the molecule is O=C(NCC1C2CN(Cc3cccc(F)c3)CC12)[C@@](O)(c1ccccc1)C1CCCCC1.